The minimum atomic E-state index is -0.681. The van der Waals surface area contributed by atoms with E-state index in [1.807, 2.05) is 6.07 Å². The van der Waals surface area contributed by atoms with Crippen molar-refractivity contribution in [1.82, 2.24) is 24.5 Å². The zero-order valence-corrected chi connectivity index (χ0v) is 19.0. The van der Waals surface area contributed by atoms with E-state index in [1.54, 1.807) is 18.3 Å². The first-order valence-corrected chi connectivity index (χ1v) is 11.2. The summed E-state index contributed by atoms with van der Waals surface area (Å²) in [6.07, 6.45) is 5.58. The van der Waals surface area contributed by atoms with Crippen molar-refractivity contribution in [3.8, 4) is 11.8 Å². The Balaban J connectivity index is 1.78. The second kappa shape index (κ2) is 8.81. The van der Waals surface area contributed by atoms with Crippen molar-refractivity contribution in [2.45, 2.75) is 25.3 Å². The van der Waals surface area contributed by atoms with Crippen LogP contribution in [0.2, 0.25) is 5.02 Å². The van der Waals surface area contributed by atoms with Gasteiger partial charge in [-0.25, -0.2) is 9.37 Å². The van der Waals surface area contributed by atoms with Gasteiger partial charge in [0, 0.05) is 6.20 Å². The molecule has 35 heavy (non-hydrogen) atoms. The van der Waals surface area contributed by atoms with Gasteiger partial charge in [-0.3, -0.25) is 14.3 Å². The van der Waals surface area contributed by atoms with Gasteiger partial charge >= 0.3 is 0 Å². The SMILES string of the molecule is N#Cc1c(N)nc(N)nc1NC(CC1CC1)c1nc2c(F)ccc(Cl)c2c(=O)n1-c1cccnc1. The van der Waals surface area contributed by atoms with Crippen LogP contribution in [0.3, 0.4) is 0 Å². The van der Waals surface area contributed by atoms with Gasteiger partial charge in [0.2, 0.25) is 5.95 Å². The Morgan fingerprint density at radius 3 is 2.74 bits per heavy atom. The fraction of sp³-hybridized carbons (Fsp3) is 0.217. The first-order chi connectivity index (χ1) is 16.9. The highest BCUT2D eigenvalue weighted by Crippen LogP contribution is 2.39. The molecule has 1 aromatic carbocycles. The molecule has 1 unspecified atom stereocenters. The summed E-state index contributed by atoms with van der Waals surface area (Å²) in [5, 5.41) is 12.8. The summed E-state index contributed by atoms with van der Waals surface area (Å²) in [7, 11) is 0. The fourth-order valence-corrected chi connectivity index (χ4v) is 4.23. The van der Waals surface area contributed by atoms with Crippen LogP contribution in [-0.2, 0) is 0 Å². The highest BCUT2D eigenvalue weighted by molar-refractivity contribution is 6.35. The van der Waals surface area contributed by atoms with Crippen LogP contribution in [0, 0.1) is 23.1 Å². The predicted octanol–water partition coefficient (Wildman–Crippen LogP) is 3.35. The number of pyridine rings is 1. The molecular formula is C23H19ClFN9O. The molecule has 5 N–H and O–H groups in total. The second-order valence-corrected chi connectivity index (χ2v) is 8.66. The van der Waals surface area contributed by atoms with Crippen LogP contribution in [0.25, 0.3) is 16.6 Å². The molecule has 1 saturated carbocycles. The normalized spacial score (nSPS) is 14.0. The number of nitrogen functional groups attached to an aromatic ring is 2. The average molecular weight is 492 g/mol. The van der Waals surface area contributed by atoms with Gasteiger partial charge in [-0.2, -0.15) is 15.2 Å². The minimum absolute atomic E-state index is 0.00489. The Bertz CT molecular complexity index is 1550. The lowest BCUT2D eigenvalue weighted by Gasteiger charge is -2.24. The molecule has 10 nitrogen and oxygen atoms in total. The lowest BCUT2D eigenvalue weighted by atomic mass is 10.1. The van der Waals surface area contributed by atoms with Gasteiger partial charge in [0.05, 0.1) is 28.3 Å². The molecule has 0 radical (unpaired) electrons. The van der Waals surface area contributed by atoms with Gasteiger partial charge in [0.25, 0.3) is 5.56 Å². The Morgan fingerprint density at radius 1 is 1.26 bits per heavy atom. The van der Waals surface area contributed by atoms with Crippen molar-refractivity contribution in [2.24, 2.45) is 5.92 Å². The van der Waals surface area contributed by atoms with Crippen molar-refractivity contribution in [3.05, 3.63) is 69.2 Å². The van der Waals surface area contributed by atoms with Gasteiger partial charge in [-0.05, 0) is 36.6 Å². The molecule has 1 aliphatic rings. The molecule has 1 fully saturated rings. The van der Waals surface area contributed by atoms with E-state index in [2.05, 4.69) is 25.3 Å². The summed E-state index contributed by atoms with van der Waals surface area (Å²) in [4.78, 5) is 30.4. The molecule has 0 amide bonds. The first kappa shape index (κ1) is 22.5. The van der Waals surface area contributed by atoms with E-state index in [9.17, 15) is 14.4 Å². The van der Waals surface area contributed by atoms with Crippen LogP contribution in [0.1, 0.15) is 36.7 Å². The first-order valence-electron chi connectivity index (χ1n) is 10.8. The van der Waals surface area contributed by atoms with Crippen molar-refractivity contribution < 1.29 is 4.39 Å². The number of nitrogens with zero attached hydrogens (tertiary/aromatic N) is 6. The standard InChI is InChI=1S/C23H19ClFN9O/c24-14-5-6-15(25)18-17(14)22(35)34(12-2-1-7-29-10-12)21(31-18)16(8-11-3-4-11)30-20-13(9-26)19(27)32-23(28)33-20/h1-2,5-7,10-11,16H,3-4,8H2,(H5,27,28,30,32,33). The number of hydrogen-bond acceptors (Lipinski definition) is 9. The number of nitrogens with two attached hydrogens (primary N) is 2. The summed E-state index contributed by atoms with van der Waals surface area (Å²) in [6.45, 7) is 0. The van der Waals surface area contributed by atoms with Crippen molar-refractivity contribution in [2.75, 3.05) is 16.8 Å². The zero-order chi connectivity index (χ0) is 24.7. The van der Waals surface area contributed by atoms with Crippen LogP contribution < -0.4 is 22.3 Å². The zero-order valence-electron chi connectivity index (χ0n) is 18.2. The van der Waals surface area contributed by atoms with Crippen molar-refractivity contribution in [3.63, 3.8) is 0 Å². The van der Waals surface area contributed by atoms with E-state index < -0.39 is 17.4 Å². The van der Waals surface area contributed by atoms with E-state index >= 15 is 0 Å². The number of rotatable bonds is 6. The maximum Gasteiger partial charge on any atom is 0.267 e. The largest absolute Gasteiger partial charge is 0.382 e. The molecule has 0 spiro atoms. The van der Waals surface area contributed by atoms with E-state index in [1.165, 1.54) is 16.8 Å². The van der Waals surface area contributed by atoms with Crippen LogP contribution in [0.4, 0.5) is 22.0 Å². The molecule has 0 aliphatic heterocycles. The molecule has 4 aromatic rings. The van der Waals surface area contributed by atoms with E-state index in [0.717, 1.165) is 18.9 Å². The van der Waals surface area contributed by atoms with Gasteiger partial charge < -0.3 is 16.8 Å². The van der Waals surface area contributed by atoms with Gasteiger partial charge in [-0.15, -0.1) is 0 Å². The van der Waals surface area contributed by atoms with Crippen molar-refractivity contribution in [1.29, 1.82) is 5.26 Å². The minimum Gasteiger partial charge on any atom is -0.382 e. The third kappa shape index (κ3) is 4.20. The molecule has 1 atom stereocenters. The number of anilines is 3. The summed E-state index contributed by atoms with van der Waals surface area (Å²) in [6, 6.07) is 7.17. The number of nitriles is 1. The Hall–Kier alpha value is -4.30. The van der Waals surface area contributed by atoms with Crippen LogP contribution in [0.5, 0.6) is 0 Å². The van der Waals surface area contributed by atoms with E-state index in [4.69, 9.17) is 23.1 Å². The van der Waals surface area contributed by atoms with Crippen LogP contribution in [0.15, 0.2) is 41.5 Å². The Kier molecular flexibility index (Phi) is 5.66. The fourth-order valence-electron chi connectivity index (χ4n) is 4.00. The Labute approximate surface area is 203 Å². The van der Waals surface area contributed by atoms with Crippen LogP contribution >= 0.6 is 11.6 Å². The summed E-state index contributed by atoms with van der Waals surface area (Å²) < 4.78 is 16.2. The smallest absolute Gasteiger partial charge is 0.267 e. The summed E-state index contributed by atoms with van der Waals surface area (Å²) in [5.41, 5.74) is 11.4. The maximum absolute atomic E-state index is 14.9. The third-order valence-corrected chi connectivity index (χ3v) is 6.12. The molecule has 5 rings (SSSR count). The molecule has 0 saturated heterocycles. The number of halogens is 2. The van der Waals surface area contributed by atoms with E-state index in [-0.39, 0.29) is 44.9 Å². The predicted molar refractivity (Wildman–Crippen MR) is 129 cm³/mol. The van der Waals surface area contributed by atoms with Gasteiger partial charge in [0.15, 0.2) is 5.82 Å². The number of hydrogen-bond donors (Lipinski definition) is 3. The molecule has 176 valence electrons. The summed E-state index contributed by atoms with van der Waals surface area (Å²) >= 11 is 6.29. The number of aromatic nitrogens is 5. The topological polar surface area (TPSA) is 161 Å². The van der Waals surface area contributed by atoms with Crippen LogP contribution in [-0.4, -0.2) is 24.5 Å². The maximum atomic E-state index is 14.9. The average Bonchev–Trinajstić information content (AvgIpc) is 3.65. The lowest BCUT2D eigenvalue weighted by molar-refractivity contribution is 0.578. The highest BCUT2D eigenvalue weighted by atomic mass is 35.5. The summed E-state index contributed by atoms with van der Waals surface area (Å²) in [5.74, 6) is -0.233. The second-order valence-electron chi connectivity index (χ2n) is 8.25. The molecule has 3 aromatic heterocycles. The van der Waals surface area contributed by atoms with E-state index in [0.29, 0.717) is 18.0 Å². The molecular weight excluding hydrogens is 473 g/mol. The molecule has 12 heteroatoms. The molecule has 3 heterocycles. The van der Waals surface area contributed by atoms with Gasteiger partial charge in [-0.1, -0.05) is 24.4 Å². The molecule has 0 bridgehead atoms. The Morgan fingerprint density at radius 2 is 2.06 bits per heavy atom. The lowest BCUT2D eigenvalue weighted by Crippen LogP contribution is -2.29. The number of benzene rings is 1. The molecule has 1 aliphatic carbocycles. The van der Waals surface area contributed by atoms with Gasteiger partial charge in [0.1, 0.15) is 34.6 Å². The quantitative estimate of drug-likeness (QED) is 0.367. The number of fused-ring (bicyclic) bond motifs is 1. The highest BCUT2D eigenvalue weighted by Gasteiger charge is 2.31. The number of nitrogens with one attached hydrogen (secondary N) is 1. The third-order valence-electron chi connectivity index (χ3n) is 5.81. The monoisotopic (exact) mass is 491 g/mol. The van der Waals surface area contributed by atoms with Crippen molar-refractivity contribution >= 4 is 40.1 Å².